The van der Waals surface area contributed by atoms with Crippen molar-refractivity contribution in [2.24, 2.45) is 0 Å². The van der Waals surface area contributed by atoms with Crippen LogP contribution in [-0.2, 0) is 16.1 Å². The van der Waals surface area contributed by atoms with E-state index in [0.717, 1.165) is 0 Å². The standard InChI is InChI=1S/C21H20F2N2O3/c1-13-2-7-18(17(23)8-13)24-12-19(27)25(11-14-3-5-15(22)6-4-14)21(20(24)28)9-16(26)10-21/h2-8,16,26H,9-12H2,1H3. The molecule has 5 nitrogen and oxygen atoms in total. The lowest BCUT2D eigenvalue weighted by molar-refractivity contribution is -0.167. The number of nitrogens with zero attached hydrogens (tertiary/aromatic N) is 2. The molecule has 1 aliphatic heterocycles. The largest absolute Gasteiger partial charge is 0.393 e. The van der Waals surface area contributed by atoms with Crippen LogP contribution < -0.4 is 4.90 Å². The van der Waals surface area contributed by atoms with Crippen LogP contribution >= 0.6 is 0 Å². The van der Waals surface area contributed by atoms with Crippen molar-refractivity contribution >= 4 is 17.5 Å². The summed E-state index contributed by atoms with van der Waals surface area (Å²) in [6.07, 6.45) is -0.499. The molecule has 1 aliphatic carbocycles. The van der Waals surface area contributed by atoms with Crippen LogP contribution in [0.15, 0.2) is 42.5 Å². The molecule has 2 amide bonds. The minimum atomic E-state index is -1.21. The fourth-order valence-electron chi connectivity index (χ4n) is 4.05. The number of benzene rings is 2. The van der Waals surface area contributed by atoms with Crippen LogP contribution in [0.25, 0.3) is 0 Å². The summed E-state index contributed by atoms with van der Waals surface area (Å²) in [5.41, 5.74) is 0.244. The lowest BCUT2D eigenvalue weighted by Gasteiger charge is -2.55. The van der Waals surface area contributed by atoms with Crippen molar-refractivity contribution in [3.8, 4) is 0 Å². The number of piperazine rings is 1. The number of carbonyl (C=O) groups is 2. The first-order valence-corrected chi connectivity index (χ1v) is 9.11. The third kappa shape index (κ3) is 2.96. The summed E-state index contributed by atoms with van der Waals surface area (Å²) in [4.78, 5) is 28.9. The van der Waals surface area contributed by atoms with Crippen LogP contribution in [0.4, 0.5) is 14.5 Å². The average Bonchev–Trinajstić information content (AvgIpc) is 2.62. The Kier molecular flexibility index (Phi) is 4.42. The van der Waals surface area contributed by atoms with Gasteiger partial charge < -0.3 is 10.0 Å². The zero-order valence-corrected chi connectivity index (χ0v) is 15.4. The number of aliphatic hydroxyl groups is 1. The van der Waals surface area contributed by atoms with Gasteiger partial charge in [-0.25, -0.2) is 8.78 Å². The summed E-state index contributed by atoms with van der Waals surface area (Å²) in [5.74, 6) is -1.69. The topological polar surface area (TPSA) is 60.9 Å². The highest BCUT2D eigenvalue weighted by molar-refractivity contribution is 6.09. The van der Waals surface area contributed by atoms with Gasteiger partial charge >= 0.3 is 0 Å². The molecule has 0 bridgehead atoms. The molecule has 1 spiro atoms. The minimum absolute atomic E-state index is 0.0612. The van der Waals surface area contributed by atoms with Gasteiger partial charge in [0.15, 0.2) is 0 Å². The molecule has 1 saturated carbocycles. The average molecular weight is 386 g/mol. The highest BCUT2D eigenvalue weighted by atomic mass is 19.1. The summed E-state index contributed by atoms with van der Waals surface area (Å²) in [6.45, 7) is 1.59. The molecule has 4 rings (SSSR count). The first-order chi connectivity index (χ1) is 13.3. The molecule has 2 aromatic rings. The Hall–Kier alpha value is -2.80. The maximum atomic E-state index is 14.5. The number of aryl methyl sites for hydroxylation is 1. The lowest BCUT2D eigenvalue weighted by atomic mass is 9.70. The molecule has 146 valence electrons. The normalized spacial score (nSPS) is 24.6. The molecule has 2 aliphatic rings. The van der Waals surface area contributed by atoms with Gasteiger partial charge in [0.25, 0.3) is 5.91 Å². The lowest BCUT2D eigenvalue weighted by Crippen LogP contribution is -2.73. The third-order valence-electron chi connectivity index (χ3n) is 5.55. The molecule has 0 radical (unpaired) electrons. The van der Waals surface area contributed by atoms with E-state index in [0.29, 0.717) is 11.1 Å². The summed E-state index contributed by atoms with van der Waals surface area (Å²) < 4.78 is 27.6. The summed E-state index contributed by atoms with van der Waals surface area (Å²) in [5, 5.41) is 9.91. The van der Waals surface area contributed by atoms with Crippen molar-refractivity contribution in [2.45, 2.75) is 38.0 Å². The van der Waals surface area contributed by atoms with Gasteiger partial charge in [-0.3, -0.25) is 14.5 Å². The van der Waals surface area contributed by atoms with Crippen molar-refractivity contribution in [3.05, 3.63) is 65.2 Å². The van der Waals surface area contributed by atoms with Crippen LogP contribution in [-0.4, -0.2) is 40.0 Å². The van der Waals surface area contributed by atoms with Gasteiger partial charge in [0.05, 0.1) is 11.8 Å². The van der Waals surface area contributed by atoms with Crippen molar-refractivity contribution < 1.29 is 23.5 Å². The van der Waals surface area contributed by atoms with Gasteiger partial charge in [0, 0.05) is 19.4 Å². The Morgan fingerprint density at radius 3 is 2.39 bits per heavy atom. The minimum Gasteiger partial charge on any atom is -0.393 e. The van der Waals surface area contributed by atoms with Crippen LogP contribution in [0.5, 0.6) is 0 Å². The number of halogens is 2. The predicted octanol–water partition coefficient (Wildman–Crippen LogP) is 2.54. The van der Waals surface area contributed by atoms with Crippen molar-refractivity contribution in [2.75, 3.05) is 11.4 Å². The second kappa shape index (κ2) is 6.67. The Balaban J connectivity index is 1.68. The molecule has 0 unspecified atom stereocenters. The van der Waals surface area contributed by atoms with Crippen LogP contribution in [0.2, 0.25) is 0 Å². The first kappa shape index (κ1) is 18.6. The fourth-order valence-corrected chi connectivity index (χ4v) is 4.05. The summed E-state index contributed by atoms with van der Waals surface area (Å²) in [7, 11) is 0. The highest BCUT2D eigenvalue weighted by Gasteiger charge is 2.60. The number of aliphatic hydroxyl groups excluding tert-OH is 1. The Morgan fingerprint density at radius 1 is 1.11 bits per heavy atom. The van der Waals surface area contributed by atoms with Crippen LogP contribution in [0.3, 0.4) is 0 Å². The fraction of sp³-hybridized carbons (Fsp3) is 0.333. The first-order valence-electron chi connectivity index (χ1n) is 9.11. The molecule has 0 aromatic heterocycles. The molecule has 28 heavy (non-hydrogen) atoms. The van der Waals surface area contributed by atoms with E-state index in [1.807, 2.05) is 0 Å². The van der Waals surface area contributed by atoms with Gasteiger partial charge in [0.2, 0.25) is 5.91 Å². The molecule has 1 heterocycles. The van der Waals surface area contributed by atoms with Crippen molar-refractivity contribution in [1.29, 1.82) is 0 Å². The highest BCUT2D eigenvalue weighted by Crippen LogP contribution is 2.44. The zero-order chi connectivity index (χ0) is 20.1. The molecule has 2 aromatic carbocycles. The van der Waals surface area contributed by atoms with Gasteiger partial charge in [-0.15, -0.1) is 0 Å². The van der Waals surface area contributed by atoms with E-state index in [1.165, 1.54) is 34.1 Å². The number of carbonyl (C=O) groups excluding carboxylic acids is 2. The van der Waals surface area contributed by atoms with Gasteiger partial charge in [-0.1, -0.05) is 18.2 Å². The second-order valence-electron chi connectivity index (χ2n) is 7.55. The maximum absolute atomic E-state index is 14.5. The van der Waals surface area contributed by atoms with Gasteiger partial charge in [-0.2, -0.15) is 0 Å². The number of hydrogen-bond donors (Lipinski definition) is 1. The number of anilines is 1. The van der Waals surface area contributed by atoms with Crippen molar-refractivity contribution in [1.82, 2.24) is 4.90 Å². The molecule has 1 N–H and O–H groups in total. The van der Waals surface area contributed by atoms with E-state index < -0.39 is 23.4 Å². The Morgan fingerprint density at radius 2 is 1.79 bits per heavy atom. The molecule has 0 atom stereocenters. The van der Waals surface area contributed by atoms with E-state index in [9.17, 15) is 23.5 Å². The molecule has 7 heteroatoms. The summed E-state index contributed by atoms with van der Waals surface area (Å²) in [6, 6.07) is 10.2. The quantitative estimate of drug-likeness (QED) is 0.882. The number of hydrogen-bond acceptors (Lipinski definition) is 3. The Labute approximate surface area is 161 Å². The predicted molar refractivity (Wildman–Crippen MR) is 98.4 cm³/mol. The summed E-state index contributed by atoms with van der Waals surface area (Å²) >= 11 is 0. The van der Waals surface area contributed by atoms with E-state index in [4.69, 9.17) is 0 Å². The number of rotatable bonds is 3. The third-order valence-corrected chi connectivity index (χ3v) is 5.55. The van der Waals surface area contributed by atoms with E-state index >= 15 is 0 Å². The second-order valence-corrected chi connectivity index (χ2v) is 7.55. The number of amides is 2. The maximum Gasteiger partial charge on any atom is 0.253 e. The monoisotopic (exact) mass is 386 g/mol. The van der Waals surface area contributed by atoms with Gasteiger partial charge in [0.1, 0.15) is 23.7 Å². The van der Waals surface area contributed by atoms with Gasteiger partial charge in [-0.05, 0) is 42.3 Å². The molecule has 2 fully saturated rings. The van der Waals surface area contributed by atoms with Crippen LogP contribution in [0.1, 0.15) is 24.0 Å². The van der Waals surface area contributed by atoms with E-state index in [-0.39, 0.29) is 43.3 Å². The SMILES string of the molecule is Cc1ccc(N2CC(=O)N(Cc3ccc(F)cc3)C3(CC(O)C3)C2=O)c(F)c1. The Bertz CT molecular complexity index is 939. The smallest absolute Gasteiger partial charge is 0.253 e. The van der Waals surface area contributed by atoms with Crippen LogP contribution in [0, 0.1) is 18.6 Å². The van der Waals surface area contributed by atoms with E-state index in [2.05, 4.69) is 0 Å². The van der Waals surface area contributed by atoms with Crippen molar-refractivity contribution in [3.63, 3.8) is 0 Å². The zero-order valence-electron chi connectivity index (χ0n) is 15.4. The van der Waals surface area contributed by atoms with E-state index in [1.54, 1.807) is 25.1 Å². The molecule has 1 saturated heterocycles. The molecular weight excluding hydrogens is 366 g/mol. The molecular formula is C21H20F2N2O3.